The molecule has 0 saturated heterocycles. The molecule has 0 radical (unpaired) electrons. The van der Waals surface area contributed by atoms with Gasteiger partial charge in [0.05, 0.1) is 11.8 Å². The minimum atomic E-state index is -6.65. The van der Waals surface area contributed by atoms with E-state index in [0.29, 0.717) is 19.3 Å². The molecular weight excluding hydrogens is 455 g/mol. The number of ether oxygens (including phenoxy) is 1. The lowest BCUT2D eigenvalue weighted by Crippen LogP contribution is -2.68. The van der Waals surface area contributed by atoms with Gasteiger partial charge in [0.15, 0.2) is 0 Å². The number of carboxylic acids is 1. The third-order valence-electron chi connectivity index (χ3n) is 7.09. The van der Waals surface area contributed by atoms with Crippen LogP contribution in [-0.4, -0.2) is 47.0 Å². The Kier molecular flexibility index (Phi) is 6.09. The highest BCUT2D eigenvalue weighted by molar-refractivity contribution is 7.87. The fourth-order valence-electron chi connectivity index (χ4n) is 5.75. The van der Waals surface area contributed by atoms with Gasteiger partial charge in [-0.05, 0) is 43.9 Å². The van der Waals surface area contributed by atoms with E-state index >= 15 is 0 Å². The van der Waals surface area contributed by atoms with Crippen molar-refractivity contribution in [3.8, 4) is 0 Å². The number of carbonyl (C=O) groups is 2. The first-order chi connectivity index (χ1) is 14.1. The third kappa shape index (κ3) is 3.70. The number of aliphatic carboxylic acids is 1. The van der Waals surface area contributed by atoms with E-state index in [1.54, 1.807) is 0 Å². The molecule has 0 amide bonds. The van der Waals surface area contributed by atoms with Gasteiger partial charge in [0.2, 0.25) is 0 Å². The van der Waals surface area contributed by atoms with Crippen molar-refractivity contribution in [1.29, 1.82) is 0 Å². The Labute approximate surface area is 175 Å². The van der Waals surface area contributed by atoms with Crippen LogP contribution in [0.4, 0.5) is 22.0 Å². The number of carboxylic acid groups (broad SMARTS) is 1. The minimum absolute atomic E-state index is 0.0630. The highest BCUT2D eigenvalue weighted by atomic mass is 32.2. The number of rotatable bonds is 6. The second kappa shape index (κ2) is 7.82. The maximum atomic E-state index is 14.9. The summed E-state index contributed by atoms with van der Waals surface area (Å²) in [5, 5.41) is 3.55. The molecule has 5 atom stereocenters. The van der Waals surface area contributed by atoms with E-state index in [9.17, 15) is 45.1 Å². The van der Waals surface area contributed by atoms with Crippen LogP contribution in [0.5, 0.6) is 0 Å². The molecule has 3 aliphatic carbocycles. The number of carbonyl (C=O) groups excluding carboxylic acids is 1. The molecule has 0 heterocycles. The first kappa shape index (κ1) is 24.1. The fraction of sp³-hybridized carbons (Fsp3) is 0.889. The molecule has 0 aromatic rings. The summed E-state index contributed by atoms with van der Waals surface area (Å²) in [4.78, 5) is 24.4. The first-order valence-electron chi connectivity index (χ1n) is 10.0. The summed E-state index contributed by atoms with van der Waals surface area (Å²) in [6.45, 7) is 0. The Balaban J connectivity index is 2.10. The summed E-state index contributed by atoms with van der Waals surface area (Å²) in [5.41, 5.74) is -4.82. The van der Waals surface area contributed by atoms with Crippen molar-refractivity contribution in [2.24, 2.45) is 29.6 Å². The van der Waals surface area contributed by atoms with Crippen LogP contribution in [0.2, 0.25) is 0 Å². The standard InChI is InChI=1S/C18H23F5O7S/c19-17(20,21)16(11-4-2-1-3-5-11,18(22,23)31(27,28)29)30-15(26)13-10-7-6-9(8-10)12(13)14(24)25/h9-13H,1-8H2,(H,24,25)(H,27,28,29). The van der Waals surface area contributed by atoms with Crippen molar-refractivity contribution in [3.05, 3.63) is 0 Å². The molecular formula is C18H23F5O7S. The van der Waals surface area contributed by atoms with Crippen molar-refractivity contribution in [2.75, 3.05) is 0 Å². The van der Waals surface area contributed by atoms with Gasteiger partial charge in [-0.3, -0.25) is 14.1 Å². The Morgan fingerprint density at radius 2 is 1.39 bits per heavy atom. The van der Waals surface area contributed by atoms with Crippen molar-refractivity contribution in [1.82, 2.24) is 0 Å². The van der Waals surface area contributed by atoms with E-state index in [1.165, 1.54) is 0 Å². The monoisotopic (exact) mass is 478 g/mol. The van der Waals surface area contributed by atoms with Crippen LogP contribution in [0, 0.1) is 29.6 Å². The zero-order valence-corrected chi connectivity index (χ0v) is 17.1. The summed E-state index contributed by atoms with van der Waals surface area (Å²) in [7, 11) is -6.65. The largest absolute Gasteiger partial charge is 0.481 e. The average Bonchev–Trinajstić information content (AvgIpc) is 3.25. The van der Waals surface area contributed by atoms with Crippen molar-refractivity contribution >= 4 is 22.1 Å². The van der Waals surface area contributed by atoms with Crippen molar-refractivity contribution in [2.45, 2.75) is 68.4 Å². The molecule has 0 aromatic carbocycles. The predicted molar refractivity (Wildman–Crippen MR) is 93.4 cm³/mol. The van der Waals surface area contributed by atoms with Crippen LogP contribution in [-0.2, 0) is 24.4 Å². The number of esters is 1. The maximum absolute atomic E-state index is 14.9. The highest BCUT2D eigenvalue weighted by Crippen LogP contribution is 2.58. The molecule has 3 fully saturated rings. The van der Waals surface area contributed by atoms with Crippen LogP contribution in [0.25, 0.3) is 0 Å². The highest BCUT2D eigenvalue weighted by Gasteiger charge is 2.81. The second-order valence-corrected chi connectivity index (χ2v) is 10.2. The molecule has 3 saturated carbocycles. The molecule has 0 aliphatic heterocycles. The SMILES string of the molecule is O=C(O)C1C2CCC(C2)C1C(=O)OC(C1CCCCC1)(C(F)(F)F)C(F)(F)S(=O)(=O)O. The molecule has 3 aliphatic rings. The molecule has 3 rings (SSSR count). The van der Waals surface area contributed by atoms with Crippen LogP contribution in [0.15, 0.2) is 0 Å². The summed E-state index contributed by atoms with van der Waals surface area (Å²) < 4.78 is 109. The molecule has 31 heavy (non-hydrogen) atoms. The molecule has 13 heteroatoms. The average molecular weight is 478 g/mol. The number of hydrogen-bond donors (Lipinski definition) is 2. The molecule has 5 unspecified atom stereocenters. The first-order valence-corrected chi connectivity index (χ1v) is 11.5. The lowest BCUT2D eigenvalue weighted by Gasteiger charge is -2.46. The molecule has 2 bridgehead atoms. The van der Waals surface area contributed by atoms with E-state index in [4.69, 9.17) is 4.55 Å². The normalized spacial score (nSPS) is 31.9. The lowest BCUT2D eigenvalue weighted by atomic mass is 9.75. The van der Waals surface area contributed by atoms with E-state index < -0.39 is 81.5 Å². The van der Waals surface area contributed by atoms with Crippen LogP contribution in [0.1, 0.15) is 51.4 Å². The molecule has 7 nitrogen and oxygen atoms in total. The zero-order chi connectivity index (χ0) is 23.4. The maximum Gasteiger partial charge on any atom is 0.436 e. The minimum Gasteiger partial charge on any atom is -0.481 e. The number of fused-ring (bicyclic) bond motifs is 2. The van der Waals surface area contributed by atoms with Gasteiger partial charge < -0.3 is 9.84 Å². The predicted octanol–water partition coefficient (Wildman–Crippen LogP) is 3.64. The topological polar surface area (TPSA) is 118 Å². The van der Waals surface area contributed by atoms with Gasteiger partial charge in [-0.15, -0.1) is 0 Å². The summed E-state index contributed by atoms with van der Waals surface area (Å²) in [6.07, 6.45) is -5.53. The quantitative estimate of drug-likeness (QED) is 0.340. The van der Waals surface area contributed by atoms with E-state index in [1.807, 2.05) is 0 Å². The Morgan fingerprint density at radius 1 is 0.871 bits per heavy atom. The fourth-order valence-corrected chi connectivity index (χ4v) is 6.46. The Hall–Kier alpha value is -1.50. The van der Waals surface area contributed by atoms with E-state index in [2.05, 4.69) is 4.74 Å². The zero-order valence-electron chi connectivity index (χ0n) is 16.3. The van der Waals surface area contributed by atoms with Gasteiger partial charge in [-0.2, -0.15) is 30.4 Å². The van der Waals surface area contributed by atoms with E-state index in [-0.39, 0.29) is 19.3 Å². The molecule has 0 aromatic heterocycles. The van der Waals surface area contributed by atoms with Gasteiger partial charge in [-0.1, -0.05) is 19.3 Å². The Morgan fingerprint density at radius 3 is 1.84 bits per heavy atom. The Bertz CT molecular complexity index is 837. The third-order valence-corrected chi connectivity index (χ3v) is 8.04. The number of alkyl halides is 5. The van der Waals surface area contributed by atoms with Crippen LogP contribution >= 0.6 is 0 Å². The second-order valence-electron chi connectivity index (χ2n) is 8.70. The van der Waals surface area contributed by atoms with Gasteiger partial charge in [0.1, 0.15) is 0 Å². The molecule has 2 N–H and O–H groups in total. The van der Waals surface area contributed by atoms with Crippen molar-refractivity contribution in [3.63, 3.8) is 0 Å². The molecule has 178 valence electrons. The lowest BCUT2D eigenvalue weighted by molar-refractivity contribution is -0.338. The summed E-state index contributed by atoms with van der Waals surface area (Å²) in [5.74, 6) is -9.55. The number of halogens is 5. The summed E-state index contributed by atoms with van der Waals surface area (Å²) in [6, 6.07) is 0. The van der Waals surface area contributed by atoms with Crippen molar-refractivity contribution < 1.29 is 54.4 Å². The van der Waals surface area contributed by atoms with Gasteiger partial charge in [0, 0.05) is 5.92 Å². The smallest absolute Gasteiger partial charge is 0.436 e. The number of hydrogen-bond acceptors (Lipinski definition) is 5. The van der Waals surface area contributed by atoms with Gasteiger partial charge in [-0.25, -0.2) is 0 Å². The summed E-state index contributed by atoms with van der Waals surface area (Å²) >= 11 is 0. The van der Waals surface area contributed by atoms with Crippen LogP contribution < -0.4 is 0 Å². The van der Waals surface area contributed by atoms with E-state index in [0.717, 1.165) is 0 Å². The van der Waals surface area contributed by atoms with Gasteiger partial charge >= 0.3 is 33.5 Å². The molecule has 0 spiro atoms. The van der Waals surface area contributed by atoms with Gasteiger partial charge in [0.25, 0.3) is 5.60 Å². The van der Waals surface area contributed by atoms with Crippen LogP contribution in [0.3, 0.4) is 0 Å².